The van der Waals surface area contributed by atoms with Crippen molar-refractivity contribution in [2.24, 2.45) is 0 Å². The molecule has 19 heavy (non-hydrogen) atoms. The molecule has 0 saturated carbocycles. The summed E-state index contributed by atoms with van der Waals surface area (Å²) in [4.78, 5) is 11.2. The van der Waals surface area contributed by atoms with Gasteiger partial charge in [0.05, 0.1) is 30.5 Å². The lowest BCUT2D eigenvalue weighted by Gasteiger charge is -2.24. The van der Waals surface area contributed by atoms with E-state index in [1.165, 1.54) is 0 Å². The van der Waals surface area contributed by atoms with E-state index in [-0.39, 0.29) is 24.3 Å². The fraction of sp³-hybridized carbons (Fsp3) is 0.889. The van der Waals surface area contributed by atoms with E-state index < -0.39 is 43.7 Å². The van der Waals surface area contributed by atoms with E-state index in [1.54, 1.807) is 0 Å². The van der Waals surface area contributed by atoms with E-state index >= 15 is 0 Å². The van der Waals surface area contributed by atoms with Gasteiger partial charge in [0.1, 0.15) is 15.9 Å². The molecule has 1 aliphatic rings. The number of nitrogens with one attached hydrogen (secondary N) is 1. The Bertz CT molecular complexity index is 511. The summed E-state index contributed by atoms with van der Waals surface area (Å²) in [6, 6.07) is -1.37. The third kappa shape index (κ3) is 4.41. The van der Waals surface area contributed by atoms with Gasteiger partial charge in [0.2, 0.25) is 10.0 Å². The lowest BCUT2D eigenvalue weighted by Crippen LogP contribution is -2.49. The summed E-state index contributed by atoms with van der Waals surface area (Å²) in [5, 5.41) is 8.07. The second-order valence-corrected chi connectivity index (χ2v) is 8.57. The van der Waals surface area contributed by atoms with Crippen LogP contribution in [0.2, 0.25) is 0 Å². The van der Waals surface area contributed by atoms with Crippen molar-refractivity contribution in [3.05, 3.63) is 0 Å². The van der Waals surface area contributed by atoms with Gasteiger partial charge in [-0.2, -0.15) is 4.72 Å². The average Bonchev–Trinajstić information content (AvgIpc) is 2.34. The number of hydrogen-bond donors (Lipinski definition) is 2. The minimum atomic E-state index is -3.88. The lowest BCUT2D eigenvalue weighted by molar-refractivity contribution is -0.143. The number of carbonyl (C=O) groups excluding carboxylic acids is 1. The maximum atomic E-state index is 12.0. The van der Waals surface area contributed by atoms with E-state index in [9.17, 15) is 21.6 Å². The van der Waals surface area contributed by atoms with Crippen molar-refractivity contribution in [3.8, 4) is 0 Å². The van der Waals surface area contributed by atoms with Crippen molar-refractivity contribution in [1.29, 1.82) is 0 Å². The number of aliphatic hydroxyl groups is 1. The van der Waals surface area contributed by atoms with Gasteiger partial charge in [-0.15, -0.1) is 0 Å². The van der Waals surface area contributed by atoms with Gasteiger partial charge in [0.15, 0.2) is 0 Å². The van der Waals surface area contributed by atoms with Crippen molar-refractivity contribution >= 4 is 25.8 Å². The summed E-state index contributed by atoms with van der Waals surface area (Å²) in [5.74, 6) is -1.28. The van der Waals surface area contributed by atoms with Crippen molar-refractivity contribution in [1.82, 2.24) is 4.72 Å². The molecular formula is C9H17NO7S2. The Morgan fingerprint density at radius 1 is 1.42 bits per heavy atom. The Hall–Kier alpha value is -0.710. The van der Waals surface area contributed by atoms with Gasteiger partial charge in [-0.1, -0.05) is 0 Å². The highest BCUT2D eigenvalue weighted by Gasteiger charge is 2.35. The molecule has 1 rings (SSSR count). The maximum Gasteiger partial charge on any atom is 0.326 e. The van der Waals surface area contributed by atoms with Gasteiger partial charge in [-0.25, -0.2) is 16.8 Å². The zero-order valence-electron chi connectivity index (χ0n) is 10.4. The average molecular weight is 315 g/mol. The SMILES string of the molecule is COC(=O)C(CO)NS(=O)(=O)C1CCS(=O)(=O)CC1. The number of hydrogen-bond acceptors (Lipinski definition) is 7. The van der Waals surface area contributed by atoms with Crippen molar-refractivity contribution in [2.75, 3.05) is 25.2 Å². The standard InChI is InChI=1S/C9H17NO7S2/c1-17-9(12)8(6-11)10-19(15,16)7-2-4-18(13,14)5-3-7/h7-8,10-11H,2-6H2,1H3. The maximum absolute atomic E-state index is 12.0. The first-order chi connectivity index (χ1) is 8.72. The first-order valence-corrected chi connectivity index (χ1v) is 8.99. The third-order valence-corrected chi connectivity index (χ3v) is 6.59. The number of methoxy groups -OCH3 is 1. The van der Waals surface area contributed by atoms with E-state index in [2.05, 4.69) is 4.74 Å². The molecule has 10 heteroatoms. The summed E-state index contributed by atoms with van der Waals surface area (Å²) in [7, 11) is -5.96. The minimum Gasteiger partial charge on any atom is -0.468 e. The zero-order chi connectivity index (χ0) is 14.7. The summed E-state index contributed by atoms with van der Waals surface area (Å²) in [5.41, 5.74) is 0. The van der Waals surface area contributed by atoms with Gasteiger partial charge in [0.25, 0.3) is 0 Å². The highest BCUT2D eigenvalue weighted by atomic mass is 32.2. The topological polar surface area (TPSA) is 127 Å². The van der Waals surface area contributed by atoms with Crippen LogP contribution in [0.4, 0.5) is 0 Å². The van der Waals surface area contributed by atoms with Crippen LogP contribution in [-0.2, 0) is 29.4 Å². The van der Waals surface area contributed by atoms with Crippen LogP contribution in [-0.4, -0.2) is 64.4 Å². The fourth-order valence-corrected chi connectivity index (χ4v) is 5.18. The quantitative estimate of drug-likeness (QED) is 0.563. The number of esters is 1. The van der Waals surface area contributed by atoms with Crippen LogP contribution in [0.5, 0.6) is 0 Å². The molecule has 1 fully saturated rings. The van der Waals surface area contributed by atoms with Crippen molar-refractivity contribution in [2.45, 2.75) is 24.1 Å². The largest absolute Gasteiger partial charge is 0.468 e. The zero-order valence-corrected chi connectivity index (χ0v) is 12.0. The normalized spacial score (nSPS) is 21.8. The Balaban J connectivity index is 2.74. The molecule has 0 aromatic carbocycles. The molecule has 0 amide bonds. The Morgan fingerprint density at radius 3 is 2.37 bits per heavy atom. The monoisotopic (exact) mass is 315 g/mol. The second-order valence-electron chi connectivity index (χ2n) is 4.27. The van der Waals surface area contributed by atoms with Gasteiger partial charge >= 0.3 is 5.97 Å². The van der Waals surface area contributed by atoms with Crippen LogP contribution in [0.25, 0.3) is 0 Å². The molecule has 0 bridgehead atoms. The van der Waals surface area contributed by atoms with E-state index in [4.69, 9.17) is 5.11 Å². The Labute approximate surface area is 112 Å². The number of rotatable bonds is 5. The first-order valence-electron chi connectivity index (χ1n) is 5.62. The predicted octanol–water partition coefficient (Wildman–Crippen LogP) is -1.98. The van der Waals surface area contributed by atoms with Crippen LogP contribution < -0.4 is 4.72 Å². The molecule has 0 radical (unpaired) electrons. The summed E-state index contributed by atoms with van der Waals surface area (Å²) in [6.07, 6.45) is -0.0338. The van der Waals surface area contributed by atoms with Gasteiger partial charge in [-0.05, 0) is 12.8 Å². The number of sulfonamides is 1. The van der Waals surface area contributed by atoms with Gasteiger partial charge in [0, 0.05) is 0 Å². The molecule has 0 aliphatic carbocycles. The van der Waals surface area contributed by atoms with Crippen molar-refractivity contribution < 1.29 is 31.5 Å². The highest BCUT2D eigenvalue weighted by Crippen LogP contribution is 2.19. The molecule has 2 N–H and O–H groups in total. The molecular weight excluding hydrogens is 298 g/mol. The van der Waals surface area contributed by atoms with Crippen LogP contribution >= 0.6 is 0 Å². The smallest absolute Gasteiger partial charge is 0.326 e. The predicted molar refractivity (Wildman–Crippen MR) is 66.6 cm³/mol. The molecule has 1 heterocycles. The number of carbonyl (C=O) groups is 1. The van der Waals surface area contributed by atoms with E-state index in [0.29, 0.717) is 0 Å². The number of aliphatic hydroxyl groups excluding tert-OH is 1. The molecule has 0 aromatic heterocycles. The van der Waals surface area contributed by atoms with E-state index in [1.807, 2.05) is 4.72 Å². The minimum absolute atomic E-state index is 0.0169. The summed E-state index contributed by atoms with van der Waals surface area (Å²) in [6.45, 7) is -0.725. The second kappa shape index (κ2) is 6.16. The van der Waals surface area contributed by atoms with Crippen LogP contribution in [0.1, 0.15) is 12.8 Å². The molecule has 0 aromatic rings. The van der Waals surface area contributed by atoms with Gasteiger partial charge < -0.3 is 9.84 Å². The summed E-state index contributed by atoms with van der Waals surface area (Å²) < 4.78 is 52.8. The molecule has 1 atom stereocenters. The van der Waals surface area contributed by atoms with Crippen LogP contribution in [0.15, 0.2) is 0 Å². The first kappa shape index (κ1) is 16.3. The molecule has 0 spiro atoms. The number of sulfone groups is 1. The molecule has 1 saturated heterocycles. The van der Waals surface area contributed by atoms with Gasteiger partial charge in [-0.3, -0.25) is 4.79 Å². The summed E-state index contributed by atoms with van der Waals surface area (Å²) >= 11 is 0. The highest BCUT2D eigenvalue weighted by molar-refractivity contribution is 7.92. The third-order valence-electron chi connectivity index (χ3n) is 2.92. The molecule has 8 nitrogen and oxygen atoms in total. The Kier molecular flexibility index (Phi) is 5.30. The Morgan fingerprint density at radius 2 is 1.95 bits per heavy atom. The van der Waals surface area contributed by atoms with Crippen LogP contribution in [0.3, 0.4) is 0 Å². The van der Waals surface area contributed by atoms with Crippen molar-refractivity contribution in [3.63, 3.8) is 0 Å². The van der Waals surface area contributed by atoms with Crippen LogP contribution in [0, 0.1) is 0 Å². The lowest BCUT2D eigenvalue weighted by atomic mass is 10.2. The number of ether oxygens (including phenoxy) is 1. The molecule has 1 aliphatic heterocycles. The van der Waals surface area contributed by atoms with E-state index in [0.717, 1.165) is 7.11 Å². The molecule has 112 valence electrons. The molecule has 1 unspecified atom stereocenters. The fourth-order valence-electron chi connectivity index (χ4n) is 1.78.